The summed E-state index contributed by atoms with van der Waals surface area (Å²) in [7, 11) is 0. The number of amides is 2. The fourth-order valence-corrected chi connectivity index (χ4v) is 4.56. The van der Waals surface area contributed by atoms with Gasteiger partial charge in [0.15, 0.2) is 0 Å². The molecular weight excluding hydrogens is 466 g/mol. The standard InChI is InChI=1S/C26H26BrN3O2/c1-17-5-3-8-22(15-17)29-25(31)23-10-9-18(2)28-24(23)19-11-13-30(14-12-19)26(32)20-6-4-7-21(27)16-20/h3-10,15-16,19H,11-14H2,1-2H3,(H,29,31). The normalized spacial score (nSPS) is 14.3. The molecule has 2 heterocycles. The van der Waals surface area contributed by atoms with Crippen LogP contribution in [0.1, 0.15) is 56.4 Å². The maximum Gasteiger partial charge on any atom is 0.257 e. The second kappa shape index (κ2) is 9.65. The lowest BCUT2D eigenvalue weighted by molar-refractivity contribution is 0.0711. The second-order valence-corrected chi connectivity index (χ2v) is 9.20. The molecule has 1 aliphatic rings. The number of hydrogen-bond donors (Lipinski definition) is 1. The number of anilines is 1. The maximum atomic E-state index is 13.1. The van der Waals surface area contributed by atoms with Gasteiger partial charge in [0.1, 0.15) is 0 Å². The number of aryl methyl sites for hydroxylation is 2. The predicted octanol–water partition coefficient (Wildman–Crippen LogP) is 5.73. The Hall–Kier alpha value is -2.99. The molecule has 0 aliphatic carbocycles. The Bertz CT molecular complexity index is 1150. The van der Waals surface area contributed by atoms with Gasteiger partial charge in [-0.05, 0) is 74.7 Å². The first-order valence-corrected chi connectivity index (χ1v) is 11.6. The molecular formula is C26H26BrN3O2. The molecule has 0 spiro atoms. The Morgan fingerprint density at radius 1 is 1.00 bits per heavy atom. The molecule has 5 nitrogen and oxygen atoms in total. The summed E-state index contributed by atoms with van der Waals surface area (Å²) in [6.45, 7) is 5.23. The van der Waals surface area contributed by atoms with Crippen LogP contribution in [0.2, 0.25) is 0 Å². The van der Waals surface area contributed by atoms with Crippen LogP contribution in [0.4, 0.5) is 5.69 Å². The first-order chi connectivity index (χ1) is 15.4. The molecule has 2 aromatic carbocycles. The van der Waals surface area contributed by atoms with Gasteiger partial charge in [0, 0.05) is 40.4 Å². The Morgan fingerprint density at radius 3 is 2.47 bits per heavy atom. The van der Waals surface area contributed by atoms with E-state index in [9.17, 15) is 9.59 Å². The van der Waals surface area contributed by atoms with Gasteiger partial charge in [-0.1, -0.05) is 34.1 Å². The maximum absolute atomic E-state index is 13.1. The molecule has 1 aromatic heterocycles. The summed E-state index contributed by atoms with van der Waals surface area (Å²) in [6, 6.07) is 19.0. The van der Waals surface area contributed by atoms with Crippen molar-refractivity contribution >= 4 is 33.4 Å². The van der Waals surface area contributed by atoms with Crippen molar-refractivity contribution in [1.29, 1.82) is 0 Å². The van der Waals surface area contributed by atoms with E-state index in [1.165, 1.54) is 0 Å². The van der Waals surface area contributed by atoms with E-state index in [0.717, 1.165) is 40.0 Å². The van der Waals surface area contributed by atoms with Crippen molar-refractivity contribution < 1.29 is 9.59 Å². The fraction of sp³-hybridized carbons (Fsp3) is 0.269. The third kappa shape index (κ3) is 5.07. The summed E-state index contributed by atoms with van der Waals surface area (Å²) >= 11 is 3.43. The zero-order chi connectivity index (χ0) is 22.7. The fourth-order valence-electron chi connectivity index (χ4n) is 4.16. The Balaban J connectivity index is 1.49. The molecule has 0 radical (unpaired) electrons. The Morgan fingerprint density at radius 2 is 1.75 bits per heavy atom. The number of rotatable bonds is 4. The average Bonchev–Trinajstić information content (AvgIpc) is 2.78. The van der Waals surface area contributed by atoms with Gasteiger partial charge in [-0.2, -0.15) is 0 Å². The molecule has 164 valence electrons. The molecule has 0 unspecified atom stereocenters. The van der Waals surface area contributed by atoms with Crippen molar-refractivity contribution in [2.45, 2.75) is 32.6 Å². The Labute approximate surface area is 197 Å². The minimum Gasteiger partial charge on any atom is -0.339 e. The van der Waals surface area contributed by atoms with Gasteiger partial charge >= 0.3 is 0 Å². The van der Waals surface area contributed by atoms with Crippen molar-refractivity contribution in [3.63, 3.8) is 0 Å². The van der Waals surface area contributed by atoms with Crippen LogP contribution >= 0.6 is 15.9 Å². The van der Waals surface area contributed by atoms with Crippen LogP contribution in [0.3, 0.4) is 0 Å². The highest BCUT2D eigenvalue weighted by atomic mass is 79.9. The minimum absolute atomic E-state index is 0.0411. The molecule has 1 saturated heterocycles. The number of aromatic nitrogens is 1. The lowest BCUT2D eigenvalue weighted by Gasteiger charge is -2.32. The van der Waals surface area contributed by atoms with Crippen LogP contribution in [0.25, 0.3) is 0 Å². The smallest absolute Gasteiger partial charge is 0.257 e. The summed E-state index contributed by atoms with van der Waals surface area (Å²) in [4.78, 5) is 32.6. The highest BCUT2D eigenvalue weighted by Crippen LogP contribution is 2.30. The zero-order valence-electron chi connectivity index (χ0n) is 18.3. The van der Waals surface area contributed by atoms with E-state index in [0.29, 0.717) is 24.2 Å². The third-order valence-corrected chi connectivity index (χ3v) is 6.32. The molecule has 32 heavy (non-hydrogen) atoms. The number of carbonyl (C=O) groups is 2. The van der Waals surface area contributed by atoms with Gasteiger partial charge in [0.25, 0.3) is 11.8 Å². The van der Waals surface area contributed by atoms with Gasteiger partial charge in [0.2, 0.25) is 0 Å². The molecule has 0 bridgehead atoms. The van der Waals surface area contributed by atoms with Crippen molar-refractivity contribution in [2.24, 2.45) is 0 Å². The number of likely N-dealkylation sites (tertiary alicyclic amines) is 1. The lowest BCUT2D eigenvalue weighted by Crippen LogP contribution is -2.38. The van der Waals surface area contributed by atoms with E-state index in [1.54, 1.807) is 0 Å². The van der Waals surface area contributed by atoms with Crippen molar-refractivity contribution in [3.8, 4) is 0 Å². The van der Waals surface area contributed by atoms with Crippen LogP contribution in [0, 0.1) is 13.8 Å². The largest absolute Gasteiger partial charge is 0.339 e. The molecule has 4 rings (SSSR count). The number of carbonyl (C=O) groups excluding carboxylic acids is 2. The summed E-state index contributed by atoms with van der Waals surface area (Å²) in [6.07, 6.45) is 1.56. The monoisotopic (exact) mass is 491 g/mol. The van der Waals surface area contributed by atoms with Gasteiger partial charge in [-0.3, -0.25) is 14.6 Å². The van der Waals surface area contributed by atoms with Crippen molar-refractivity contribution in [2.75, 3.05) is 18.4 Å². The SMILES string of the molecule is Cc1cccc(NC(=O)c2ccc(C)nc2C2CCN(C(=O)c3cccc(Br)c3)CC2)c1. The van der Waals surface area contributed by atoms with Gasteiger partial charge < -0.3 is 10.2 Å². The predicted molar refractivity (Wildman–Crippen MR) is 130 cm³/mol. The number of piperidine rings is 1. The summed E-state index contributed by atoms with van der Waals surface area (Å²) in [5.41, 5.74) is 4.87. The molecule has 0 saturated carbocycles. The van der Waals surface area contributed by atoms with E-state index >= 15 is 0 Å². The number of nitrogens with one attached hydrogen (secondary N) is 1. The van der Waals surface area contributed by atoms with E-state index in [2.05, 4.69) is 21.2 Å². The molecule has 0 atom stereocenters. The molecule has 6 heteroatoms. The number of hydrogen-bond acceptors (Lipinski definition) is 3. The first-order valence-electron chi connectivity index (χ1n) is 10.8. The average molecular weight is 492 g/mol. The molecule has 3 aromatic rings. The lowest BCUT2D eigenvalue weighted by atomic mass is 9.89. The molecule has 1 N–H and O–H groups in total. The zero-order valence-corrected chi connectivity index (χ0v) is 19.9. The van der Waals surface area contributed by atoms with Crippen LogP contribution < -0.4 is 5.32 Å². The molecule has 1 fully saturated rings. The van der Waals surface area contributed by atoms with Crippen LogP contribution in [0.5, 0.6) is 0 Å². The minimum atomic E-state index is -0.147. The first kappa shape index (κ1) is 22.2. The third-order valence-electron chi connectivity index (χ3n) is 5.82. The summed E-state index contributed by atoms with van der Waals surface area (Å²) < 4.78 is 0.895. The van der Waals surface area contributed by atoms with Crippen LogP contribution in [-0.4, -0.2) is 34.8 Å². The van der Waals surface area contributed by atoms with Gasteiger partial charge in [-0.15, -0.1) is 0 Å². The van der Waals surface area contributed by atoms with Gasteiger partial charge in [0.05, 0.1) is 11.3 Å². The number of benzene rings is 2. The van der Waals surface area contributed by atoms with Crippen LogP contribution in [-0.2, 0) is 0 Å². The number of halogens is 1. The van der Waals surface area contributed by atoms with Crippen molar-refractivity contribution in [1.82, 2.24) is 9.88 Å². The van der Waals surface area contributed by atoms with E-state index < -0.39 is 0 Å². The number of pyridine rings is 1. The van der Waals surface area contributed by atoms with Crippen LogP contribution in [0.15, 0.2) is 65.1 Å². The van der Waals surface area contributed by atoms with E-state index in [1.807, 2.05) is 79.4 Å². The molecule has 1 aliphatic heterocycles. The van der Waals surface area contributed by atoms with Crippen molar-refractivity contribution in [3.05, 3.63) is 93.2 Å². The molecule has 2 amide bonds. The highest BCUT2D eigenvalue weighted by Gasteiger charge is 2.28. The number of nitrogens with zero attached hydrogens (tertiary/aromatic N) is 2. The van der Waals surface area contributed by atoms with Gasteiger partial charge in [-0.25, -0.2) is 0 Å². The summed E-state index contributed by atoms with van der Waals surface area (Å²) in [5, 5.41) is 3.00. The quantitative estimate of drug-likeness (QED) is 0.506. The highest BCUT2D eigenvalue weighted by molar-refractivity contribution is 9.10. The second-order valence-electron chi connectivity index (χ2n) is 8.29. The summed E-state index contributed by atoms with van der Waals surface area (Å²) in [5.74, 6) is 0.0322. The topological polar surface area (TPSA) is 62.3 Å². The van der Waals surface area contributed by atoms with E-state index in [-0.39, 0.29) is 17.7 Å². The van der Waals surface area contributed by atoms with E-state index in [4.69, 9.17) is 4.98 Å². The Kier molecular flexibility index (Phi) is 6.70.